The summed E-state index contributed by atoms with van der Waals surface area (Å²) in [5.41, 5.74) is 1.96. The molecule has 2 aromatic heterocycles. The van der Waals surface area contributed by atoms with Crippen LogP contribution in [0.3, 0.4) is 0 Å². The zero-order chi connectivity index (χ0) is 18.7. The molecule has 0 aliphatic rings. The smallest absolute Gasteiger partial charge is 0.303 e. The van der Waals surface area contributed by atoms with Crippen LogP contribution >= 0.6 is 11.3 Å². The molecule has 0 saturated carbocycles. The number of rotatable bonds is 7. The van der Waals surface area contributed by atoms with E-state index in [1.54, 1.807) is 4.68 Å². The first-order valence-corrected chi connectivity index (χ1v) is 9.25. The van der Waals surface area contributed by atoms with E-state index in [4.69, 9.17) is 5.11 Å². The summed E-state index contributed by atoms with van der Waals surface area (Å²) in [6.07, 6.45) is 1.01. The van der Waals surface area contributed by atoms with Crippen LogP contribution in [-0.4, -0.2) is 32.8 Å². The first kappa shape index (κ1) is 18.1. The van der Waals surface area contributed by atoms with Gasteiger partial charge >= 0.3 is 5.97 Å². The van der Waals surface area contributed by atoms with Crippen LogP contribution in [-0.2, 0) is 18.3 Å². The summed E-state index contributed by atoms with van der Waals surface area (Å²) in [6, 6.07) is 11.4. The van der Waals surface area contributed by atoms with Gasteiger partial charge in [-0.15, -0.1) is 11.3 Å². The highest BCUT2D eigenvalue weighted by Crippen LogP contribution is 2.27. The van der Waals surface area contributed by atoms with Crippen LogP contribution in [0.25, 0.3) is 10.2 Å². The highest BCUT2D eigenvalue weighted by Gasteiger charge is 2.19. The number of nitrogens with zero attached hydrogens (tertiary/aromatic N) is 2. The molecule has 1 amide bonds. The summed E-state index contributed by atoms with van der Waals surface area (Å²) in [5.74, 6) is -1.03. The molecule has 6 nitrogen and oxygen atoms in total. The first-order valence-electron chi connectivity index (χ1n) is 8.43. The molecular weight excluding hydrogens is 350 g/mol. The van der Waals surface area contributed by atoms with Gasteiger partial charge in [0.05, 0.1) is 10.6 Å². The van der Waals surface area contributed by atoms with Crippen molar-refractivity contribution in [2.24, 2.45) is 7.05 Å². The number of aryl methyl sites for hydroxylation is 2. The minimum absolute atomic E-state index is 0.0211. The molecule has 2 N–H and O–H groups in total. The van der Waals surface area contributed by atoms with Crippen LogP contribution in [0.5, 0.6) is 0 Å². The molecule has 1 atom stereocenters. The van der Waals surface area contributed by atoms with Crippen LogP contribution in [0.15, 0.2) is 36.4 Å². The number of carbonyl (C=O) groups excluding carboxylic acids is 1. The number of hydrogen-bond donors (Lipinski definition) is 2. The molecule has 0 bridgehead atoms. The van der Waals surface area contributed by atoms with Crippen LogP contribution in [0.2, 0.25) is 0 Å². The van der Waals surface area contributed by atoms with Crippen molar-refractivity contribution in [1.82, 2.24) is 15.1 Å². The van der Waals surface area contributed by atoms with Gasteiger partial charge in [0, 0.05) is 24.9 Å². The Morgan fingerprint density at radius 2 is 2.04 bits per heavy atom. The zero-order valence-electron chi connectivity index (χ0n) is 14.7. The third-order valence-corrected chi connectivity index (χ3v) is 5.49. The van der Waals surface area contributed by atoms with Gasteiger partial charge in [0.2, 0.25) is 0 Å². The summed E-state index contributed by atoms with van der Waals surface area (Å²) < 4.78 is 1.78. The van der Waals surface area contributed by atoms with Crippen molar-refractivity contribution in [3.05, 3.63) is 52.5 Å². The van der Waals surface area contributed by atoms with E-state index in [-0.39, 0.29) is 18.4 Å². The molecule has 0 aliphatic heterocycles. The molecule has 2 heterocycles. The van der Waals surface area contributed by atoms with Gasteiger partial charge in [-0.05, 0) is 31.4 Å². The zero-order valence-corrected chi connectivity index (χ0v) is 15.5. The molecule has 0 spiro atoms. The number of benzene rings is 1. The molecule has 0 aliphatic carbocycles. The number of carboxylic acid groups (broad SMARTS) is 1. The lowest BCUT2D eigenvalue weighted by atomic mass is 10.0. The van der Waals surface area contributed by atoms with Gasteiger partial charge in [0.25, 0.3) is 5.91 Å². The fraction of sp³-hybridized carbons (Fsp3) is 0.316. The third-order valence-electron chi connectivity index (χ3n) is 4.29. The molecule has 7 heteroatoms. The second-order valence-electron chi connectivity index (χ2n) is 6.33. The minimum Gasteiger partial charge on any atom is -0.481 e. The Morgan fingerprint density at radius 1 is 1.31 bits per heavy atom. The van der Waals surface area contributed by atoms with E-state index in [9.17, 15) is 9.59 Å². The quantitative estimate of drug-likeness (QED) is 0.668. The predicted molar refractivity (Wildman–Crippen MR) is 102 cm³/mol. The van der Waals surface area contributed by atoms with Crippen molar-refractivity contribution in [2.75, 3.05) is 0 Å². The van der Waals surface area contributed by atoms with Gasteiger partial charge in [-0.3, -0.25) is 14.3 Å². The fourth-order valence-electron chi connectivity index (χ4n) is 3.00. The lowest BCUT2D eigenvalue weighted by Gasteiger charge is -2.18. The van der Waals surface area contributed by atoms with E-state index >= 15 is 0 Å². The average molecular weight is 371 g/mol. The van der Waals surface area contributed by atoms with Crippen molar-refractivity contribution < 1.29 is 14.7 Å². The summed E-state index contributed by atoms with van der Waals surface area (Å²) in [5, 5.41) is 17.3. The highest BCUT2D eigenvalue weighted by molar-refractivity contribution is 7.20. The number of thiophene rings is 1. The third kappa shape index (κ3) is 4.11. The molecule has 0 fully saturated rings. The molecule has 0 radical (unpaired) electrons. The number of aromatic nitrogens is 2. The lowest BCUT2D eigenvalue weighted by molar-refractivity contribution is -0.137. The van der Waals surface area contributed by atoms with E-state index in [1.807, 2.05) is 50.4 Å². The number of amides is 1. The fourth-order valence-corrected chi connectivity index (χ4v) is 4.02. The summed E-state index contributed by atoms with van der Waals surface area (Å²) >= 11 is 1.40. The number of nitrogens with one attached hydrogen (secondary N) is 1. The van der Waals surface area contributed by atoms with E-state index in [0.29, 0.717) is 17.7 Å². The molecule has 0 saturated heterocycles. The largest absolute Gasteiger partial charge is 0.481 e. The van der Waals surface area contributed by atoms with Crippen molar-refractivity contribution in [2.45, 2.75) is 32.2 Å². The van der Waals surface area contributed by atoms with Crippen LogP contribution in [0.4, 0.5) is 0 Å². The average Bonchev–Trinajstić information content (AvgIpc) is 3.15. The molecular formula is C19H21N3O3S. The maximum absolute atomic E-state index is 12.7. The van der Waals surface area contributed by atoms with E-state index in [2.05, 4.69) is 10.4 Å². The van der Waals surface area contributed by atoms with E-state index < -0.39 is 5.97 Å². The topological polar surface area (TPSA) is 84.2 Å². The predicted octanol–water partition coefficient (Wildman–Crippen LogP) is 3.15. The second-order valence-corrected chi connectivity index (χ2v) is 7.36. The monoisotopic (exact) mass is 371 g/mol. The summed E-state index contributed by atoms with van der Waals surface area (Å²) in [7, 11) is 1.86. The Kier molecular flexibility index (Phi) is 5.37. The van der Waals surface area contributed by atoms with E-state index in [1.165, 1.54) is 11.3 Å². The summed E-state index contributed by atoms with van der Waals surface area (Å²) in [4.78, 5) is 25.2. The molecule has 136 valence electrons. The van der Waals surface area contributed by atoms with Crippen molar-refractivity contribution >= 4 is 33.4 Å². The van der Waals surface area contributed by atoms with Crippen molar-refractivity contribution in [3.8, 4) is 0 Å². The number of fused-ring (bicyclic) bond motifs is 1. The maximum atomic E-state index is 12.7. The van der Waals surface area contributed by atoms with Gasteiger partial charge < -0.3 is 10.4 Å². The number of hydrogen-bond acceptors (Lipinski definition) is 4. The summed E-state index contributed by atoms with van der Waals surface area (Å²) in [6.45, 7) is 1.92. The second kappa shape index (κ2) is 7.70. The Labute approximate surface area is 155 Å². The molecule has 26 heavy (non-hydrogen) atoms. The molecule has 1 unspecified atom stereocenters. The Balaban J connectivity index is 1.76. The van der Waals surface area contributed by atoms with Gasteiger partial charge in [-0.25, -0.2) is 0 Å². The standard InChI is InChI=1S/C19H21N3O3S/c1-12-15-11-16(26-19(15)22(2)21-12)18(25)20-14(8-9-17(23)24)10-13-6-4-3-5-7-13/h3-7,11,14H,8-10H2,1-2H3,(H,20,25)(H,23,24). The van der Waals surface area contributed by atoms with Gasteiger partial charge in [-0.2, -0.15) is 5.10 Å². The van der Waals surface area contributed by atoms with Gasteiger partial charge in [0.15, 0.2) is 0 Å². The Hall–Kier alpha value is -2.67. The van der Waals surface area contributed by atoms with Crippen LogP contribution < -0.4 is 5.32 Å². The lowest BCUT2D eigenvalue weighted by Crippen LogP contribution is -2.36. The minimum atomic E-state index is -0.860. The van der Waals surface area contributed by atoms with Gasteiger partial charge in [-0.1, -0.05) is 30.3 Å². The normalized spacial score (nSPS) is 12.2. The number of carboxylic acids is 1. The SMILES string of the molecule is Cc1nn(C)c2sc(C(=O)NC(CCC(=O)O)Cc3ccccc3)cc12. The van der Waals surface area contributed by atoms with Crippen LogP contribution in [0.1, 0.15) is 33.8 Å². The van der Waals surface area contributed by atoms with Gasteiger partial charge in [0.1, 0.15) is 4.83 Å². The highest BCUT2D eigenvalue weighted by atomic mass is 32.1. The molecule has 3 aromatic rings. The molecule has 3 rings (SSSR count). The van der Waals surface area contributed by atoms with Crippen LogP contribution in [0, 0.1) is 6.92 Å². The maximum Gasteiger partial charge on any atom is 0.303 e. The Morgan fingerprint density at radius 3 is 2.69 bits per heavy atom. The molecule has 1 aromatic carbocycles. The van der Waals surface area contributed by atoms with Crippen molar-refractivity contribution in [3.63, 3.8) is 0 Å². The first-order chi connectivity index (χ1) is 12.4. The Bertz CT molecular complexity index is 896. The number of carbonyl (C=O) groups is 2. The van der Waals surface area contributed by atoms with Crippen molar-refractivity contribution in [1.29, 1.82) is 0 Å². The van der Waals surface area contributed by atoms with E-state index in [0.717, 1.165) is 21.5 Å². The number of aliphatic carboxylic acids is 1.